The summed E-state index contributed by atoms with van der Waals surface area (Å²) in [6, 6.07) is 5.94. The standard InChI is InChI=1S/C9H7Br2N3S/c1-14-9(15)12-8(13-14)5-2-6(10)4-7(11)3-5/h2-4H,1H3,(H,12,13,15). The highest BCUT2D eigenvalue weighted by molar-refractivity contribution is 9.11. The predicted molar refractivity (Wildman–Crippen MR) is 69.2 cm³/mol. The summed E-state index contributed by atoms with van der Waals surface area (Å²) < 4.78 is 4.24. The summed E-state index contributed by atoms with van der Waals surface area (Å²) in [5, 5.41) is 3.07. The van der Waals surface area contributed by atoms with E-state index in [1.54, 1.807) is 4.68 Å². The zero-order valence-corrected chi connectivity index (χ0v) is 11.8. The van der Waals surface area contributed by atoms with Crippen LogP contribution in [0.15, 0.2) is 27.1 Å². The van der Waals surface area contributed by atoms with Crippen LogP contribution in [0.2, 0.25) is 0 Å². The summed E-state index contributed by atoms with van der Waals surface area (Å²) in [5.41, 5.74) is 0.989. The molecule has 0 fully saturated rings. The molecule has 1 aromatic carbocycles. The third-order valence-corrected chi connectivity index (χ3v) is 3.18. The van der Waals surface area contributed by atoms with Crippen LogP contribution in [-0.2, 0) is 7.05 Å². The van der Waals surface area contributed by atoms with Crippen molar-refractivity contribution in [2.45, 2.75) is 0 Å². The first-order valence-electron chi connectivity index (χ1n) is 4.16. The summed E-state index contributed by atoms with van der Waals surface area (Å²) in [7, 11) is 1.84. The molecule has 0 aliphatic carbocycles. The van der Waals surface area contributed by atoms with Crippen molar-refractivity contribution in [2.75, 3.05) is 0 Å². The predicted octanol–water partition coefficient (Wildman–Crippen LogP) is 3.67. The van der Waals surface area contributed by atoms with Crippen LogP contribution in [0.3, 0.4) is 0 Å². The molecule has 3 nitrogen and oxygen atoms in total. The van der Waals surface area contributed by atoms with Crippen LogP contribution in [0.5, 0.6) is 0 Å². The molecule has 0 spiro atoms. The Morgan fingerprint density at radius 3 is 2.33 bits per heavy atom. The van der Waals surface area contributed by atoms with Gasteiger partial charge in [0, 0.05) is 21.6 Å². The Morgan fingerprint density at radius 1 is 1.27 bits per heavy atom. The second-order valence-corrected chi connectivity index (χ2v) is 5.27. The number of hydrogen-bond donors (Lipinski definition) is 1. The molecule has 1 heterocycles. The molecule has 15 heavy (non-hydrogen) atoms. The van der Waals surface area contributed by atoms with Gasteiger partial charge in [-0.1, -0.05) is 31.9 Å². The fourth-order valence-corrected chi connectivity index (χ4v) is 2.65. The van der Waals surface area contributed by atoms with Gasteiger partial charge < -0.3 is 0 Å². The summed E-state index contributed by atoms with van der Waals surface area (Å²) in [5.74, 6) is 0.768. The van der Waals surface area contributed by atoms with Crippen molar-refractivity contribution < 1.29 is 0 Å². The second kappa shape index (κ2) is 4.19. The average molecular weight is 349 g/mol. The lowest BCUT2D eigenvalue weighted by Crippen LogP contribution is -1.89. The van der Waals surface area contributed by atoms with Crippen molar-refractivity contribution in [2.24, 2.45) is 7.05 Å². The van der Waals surface area contributed by atoms with E-state index in [0.29, 0.717) is 4.77 Å². The molecule has 0 bridgehead atoms. The van der Waals surface area contributed by atoms with Crippen molar-refractivity contribution in [3.05, 3.63) is 31.9 Å². The third kappa shape index (κ3) is 2.38. The molecule has 2 rings (SSSR count). The van der Waals surface area contributed by atoms with E-state index in [4.69, 9.17) is 12.2 Å². The molecular weight excluding hydrogens is 342 g/mol. The number of benzene rings is 1. The molecular formula is C9H7Br2N3S. The van der Waals surface area contributed by atoms with Crippen LogP contribution in [0, 0.1) is 4.77 Å². The quantitative estimate of drug-likeness (QED) is 0.798. The highest BCUT2D eigenvalue weighted by atomic mass is 79.9. The first-order valence-corrected chi connectivity index (χ1v) is 6.15. The lowest BCUT2D eigenvalue weighted by Gasteiger charge is -1.99. The SMILES string of the molecule is Cn1[nH]c(-c2cc(Br)cc(Br)c2)nc1=S. The number of halogens is 2. The zero-order chi connectivity index (χ0) is 11.0. The minimum absolute atomic E-state index is 0.543. The van der Waals surface area contributed by atoms with Crippen LogP contribution in [-0.4, -0.2) is 14.8 Å². The first-order chi connectivity index (χ1) is 7.06. The Morgan fingerprint density at radius 2 is 1.87 bits per heavy atom. The first kappa shape index (κ1) is 11.0. The van der Waals surface area contributed by atoms with Gasteiger partial charge in [0.1, 0.15) is 0 Å². The summed E-state index contributed by atoms with van der Waals surface area (Å²) in [6.45, 7) is 0. The number of rotatable bonds is 1. The maximum absolute atomic E-state index is 5.04. The van der Waals surface area contributed by atoms with Gasteiger partial charge in [-0.2, -0.15) is 4.98 Å². The summed E-state index contributed by atoms with van der Waals surface area (Å²) >= 11 is 11.9. The highest BCUT2D eigenvalue weighted by Gasteiger charge is 2.04. The van der Waals surface area contributed by atoms with E-state index in [0.717, 1.165) is 20.3 Å². The van der Waals surface area contributed by atoms with Crippen LogP contribution in [0.4, 0.5) is 0 Å². The van der Waals surface area contributed by atoms with Crippen molar-refractivity contribution >= 4 is 44.1 Å². The van der Waals surface area contributed by atoms with Crippen LogP contribution in [0.25, 0.3) is 11.4 Å². The number of aromatic amines is 1. The summed E-state index contributed by atoms with van der Waals surface area (Å²) in [6.07, 6.45) is 0. The minimum Gasteiger partial charge on any atom is -0.279 e. The van der Waals surface area contributed by atoms with Gasteiger partial charge in [0.2, 0.25) is 4.77 Å². The van der Waals surface area contributed by atoms with E-state index in [9.17, 15) is 0 Å². The van der Waals surface area contributed by atoms with Gasteiger partial charge >= 0.3 is 0 Å². The van der Waals surface area contributed by atoms with E-state index in [1.807, 2.05) is 25.2 Å². The fourth-order valence-electron chi connectivity index (χ4n) is 1.22. The lowest BCUT2D eigenvalue weighted by atomic mass is 10.2. The van der Waals surface area contributed by atoms with Crippen LogP contribution < -0.4 is 0 Å². The molecule has 0 unspecified atom stereocenters. The molecule has 0 aliphatic rings. The number of hydrogen-bond acceptors (Lipinski definition) is 2. The van der Waals surface area contributed by atoms with E-state index >= 15 is 0 Å². The van der Waals surface area contributed by atoms with Gasteiger partial charge in [-0.05, 0) is 30.4 Å². The van der Waals surface area contributed by atoms with Gasteiger partial charge in [-0.15, -0.1) is 0 Å². The topological polar surface area (TPSA) is 33.6 Å². The molecule has 2 aromatic rings. The molecule has 0 atom stereocenters. The Labute approximate surface area is 109 Å². The number of nitrogens with zero attached hydrogens (tertiary/aromatic N) is 2. The molecule has 78 valence electrons. The third-order valence-electron chi connectivity index (χ3n) is 1.90. The van der Waals surface area contributed by atoms with Crippen molar-refractivity contribution in [1.29, 1.82) is 0 Å². The molecule has 0 radical (unpaired) electrons. The van der Waals surface area contributed by atoms with Crippen molar-refractivity contribution in [3.63, 3.8) is 0 Å². The lowest BCUT2D eigenvalue weighted by molar-refractivity contribution is 0.756. The molecule has 6 heteroatoms. The molecule has 0 saturated heterocycles. The highest BCUT2D eigenvalue weighted by Crippen LogP contribution is 2.25. The Balaban J connectivity index is 2.58. The number of aryl methyl sites for hydroxylation is 1. The van der Waals surface area contributed by atoms with E-state index in [1.165, 1.54) is 0 Å². The largest absolute Gasteiger partial charge is 0.279 e. The van der Waals surface area contributed by atoms with Crippen LogP contribution in [0.1, 0.15) is 0 Å². The zero-order valence-electron chi connectivity index (χ0n) is 7.79. The van der Waals surface area contributed by atoms with Crippen LogP contribution >= 0.6 is 44.1 Å². The monoisotopic (exact) mass is 347 g/mol. The van der Waals surface area contributed by atoms with E-state index in [2.05, 4.69) is 41.9 Å². The van der Waals surface area contributed by atoms with Gasteiger partial charge in [-0.3, -0.25) is 9.78 Å². The van der Waals surface area contributed by atoms with Gasteiger partial charge in [0.05, 0.1) is 0 Å². The second-order valence-electron chi connectivity index (χ2n) is 3.07. The normalized spacial score (nSPS) is 10.6. The van der Waals surface area contributed by atoms with Crippen molar-refractivity contribution in [1.82, 2.24) is 14.8 Å². The maximum atomic E-state index is 5.04. The molecule has 0 saturated carbocycles. The Bertz CT molecular complexity index is 538. The van der Waals surface area contributed by atoms with E-state index < -0.39 is 0 Å². The average Bonchev–Trinajstić information content (AvgIpc) is 2.45. The van der Waals surface area contributed by atoms with Gasteiger partial charge in [0.25, 0.3) is 0 Å². The molecule has 0 amide bonds. The number of nitrogens with one attached hydrogen (secondary N) is 1. The molecule has 0 aliphatic heterocycles. The number of H-pyrrole nitrogens is 1. The molecule has 1 aromatic heterocycles. The van der Waals surface area contributed by atoms with Gasteiger partial charge in [0.15, 0.2) is 5.82 Å². The maximum Gasteiger partial charge on any atom is 0.216 e. The van der Waals surface area contributed by atoms with E-state index in [-0.39, 0.29) is 0 Å². The minimum atomic E-state index is 0.543. The Kier molecular flexibility index (Phi) is 3.08. The van der Waals surface area contributed by atoms with Crippen molar-refractivity contribution in [3.8, 4) is 11.4 Å². The van der Waals surface area contributed by atoms with Gasteiger partial charge in [-0.25, -0.2) is 0 Å². The smallest absolute Gasteiger partial charge is 0.216 e. The Hall–Kier alpha value is -0.460. The summed E-state index contributed by atoms with van der Waals surface area (Å²) in [4.78, 5) is 4.24. The molecule has 1 N–H and O–H groups in total. The fraction of sp³-hybridized carbons (Fsp3) is 0.111. The number of aromatic nitrogens is 3.